The van der Waals surface area contributed by atoms with E-state index >= 15 is 0 Å². The van der Waals surface area contributed by atoms with Gasteiger partial charge < -0.3 is 20.7 Å². The molecule has 128 valence electrons. The molecule has 0 radical (unpaired) electrons. The van der Waals surface area contributed by atoms with E-state index in [0.717, 1.165) is 6.54 Å². The van der Waals surface area contributed by atoms with Crippen LogP contribution in [-0.4, -0.2) is 37.6 Å². The van der Waals surface area contributed by atoms with E-state index in [-0.39, 0.29) is 36.2 Å². The second-order valence-electron chi connectivity index (χ2n) is 5.70. The second-order valence-corrected chi connectivity index (χ2v) is 5.70. The zero-order chi connectivity index (χ0) is 15.9. The molecule has 6 nitrogen and oxygen atoms in total. The van der Waals surface area contributed by atoms with Gasteiger partial charge in [-0.25, -0.2) is 0 Å². The third kappa shape index (κ3) is 6.56. The number of nitrogens with one attached hydrogen (secondary N) is 3. The molecule has 1 aromatic carbocycles. The molecule has 1 atom stereocenters. The standard InChI is InChI=1S/C16H23N3O3.ClH/c1-11(2)16(21)19-13-5-3-4-12(8-13)18-15(20)9-14-10-22-7-6-17-14;/h3-5,8,11,14,17H,6-7,9-10H2,1-2H3,(H,18,20)(H,19,21);1H. The lowest BCUT2D eigenvalue weighted by molar-refractivity contribution is -0.119. The van der Waals surface area contributed by atoms with Crippen molar-refractivity contribution in [3.8, 4) is 0 Å². The molecule has 0 aromatic heterocycles. The van der Waals surface area contributed by atoms with Crippen LogP contribution in [0.2, 0.25) is 0 Å². The highest BCUT2D eigenvalue weighted by atomic mass is 35.5. The topological polar surface area (TPSA) is 79.5 Å². The molecule has 1 fully saturated rings. The van der Waals surface area contributed by atoms with Gasteiger partial charge in [0.05, 0.1) is 13.2 Å². The average molecular weight is 342 g/mol. The zero-order valence-electron chi connectivity index (χ0n) is 13.4. The Hall–Kier alpha value is -1.63. The number of halogens is 1. The fourth-order valence-corrected chi connectivity index (χ4v) is 2.15. The first-order chi connectivity index (χ1) is 10.5. The summed E-state index contributed by atoms with van der Waals surface area (Å²) in [5.41, 5.74) is 1.35. The van der Waals surface area contributed by atoms with E-state index in [2.05, 4.69) is 16.0 Å². The maximum Gasteiger partial charge on any atom is 0.226 e. The molecule has 23 heavy (non-hydrogen) atoms. The Morgan fingerprint density at radius 3 is 2.61 bits per heavy atom. The predicted octanol–water partition coefficient (Wildman–Crippen LogP) is 2.02. The normalized spacial score (nSPS) is 17.3. The van der Waals surface area contributed by atoms with Crippen LogP contribution in [0.4, 0.5) is 11.4 Å². The number of amides is 2. The highest BCUT2D eigenvalue weighted by Gasteiger charge is 2.17. The Morgan fingerprint density at radius 1 is 1.30 bits per heavy atom. The van der Waals surface area contributed by atoms with Gasteiger partial charge in [-0.05, 0) is 18.2 Å². The molecule has 1 saturated heterocycles. The van der Waals surface area contributed by atoms with E-state index in [4.69, 9.17) is 4.74 Å². The van der Waals surface area contributed by atoms with Crippen LogP contribution < -0.4 is 16.0 Å². The molecule has 0 aliphatic carbocycles. The van der Waals surface area contributed by atoms with Gasteiger partial charge in [0.2, 0.25) is 11.8 Å². The first kappa shape index (κ1) is 19.4. The summed E-state index contributed by atoms with van der Waals surface area (Å²) in [7, 11) is 0. The first-order valence-electron chi connectivity index (χ1n) is 7.56. The molecule has 0 saturated carbocycles. The number of hydrogen-bond acceptors (Lipinski definition) is 4. The van der Waals surface area contributed by atoms with Crippen molar-refractivity contribution in [3.05, 3.63) is 24.3 Å². The maximum atomic E-state index is 12.0. The van der Waals surface area contributed by atoms with Crippen molar-refractivity contribution in [3.63, 3.8) is 0 Å². The number of ether oxygens (including phenoxy) is 1. The van der Waals surface area contributed by atoms with Gasteiger partial charge in [-0.3, -0.25) is 9.59 Å². The van der Waals surface area contributed by atoms with Gasteiger partial charge in [0.1, 0.15) is 0 Å². The van der Waals surface area contributed by atoms with Crippen LogP contribution in [-0.2, 0) is 14.3 Å². The predicted molar refractivity (Wildman–Crippen MR) is 93.0 cm³/mol. The quantitative estimate of drug-likeness (QED) is 0.765. The molecular weight excluding hydrogens is 318 g/mol. The molecule has 7 heteroatoms. The summed E-state index contributed by atoms with van der Waals surface area (Å²) < 4.78 is 5.33. The molecule has 1 unspecified atom stereocenters. The third-order valence-electron chi connectivity index (χ3n) is 3.37. The van der Waals surface area contributed by atoms with Crippen LogP contribution in [0.1, 0.15) is 20.3 Å². The smallest absolute Gasteiger partial charge is 0.226 e. The van der Waals surface area contributed by atoms with E-state index in [0.29, 0.717) is 31.0 Å². The Labute approximate surface area is 142 Å². The number of carbonyl (C=O) groups is 2. The summed E-state index contributed by atoms with van der Waals surface area (Å²) in [6.07, 6.45) is 0.364. The Kier molecular flexibility index (Phi) is 8.02. The number of morpholine rings is 1. The van der Waals surface area contributed by atoms with E-state index in [1.54, 1.807) is 24.3 Å². The molecule has 1 heterocycles. The fraction of sp³-hybridized carbons (Fsp3) is 0.500. The molecule has 1 aliphatic rings. The van der Waals surface area contributed by atoms with Crippen LogP contribution in [0.15, 0.2) is 24.3 Å². The minimum atomic E-state index is -0.0874. The van der Waals surface area contributed by atoms with Gasteiger partial charge in [0.15, 0.2) is 0 Å². The van der Waals surface area contributed by atoms with E-state index in [1.165, 1.54) is 0 Å². The highest BCUT2D eigenvalue weighted by molar-refractivity contribution is 5.94. The van der Waals surface area contributed by atoms with E-state index in [9.17, 15) is 9.59 Å². The van der Waals surface area contributed by atoms with Gasteiger partial charge in [-0.15, -0.1) is 12.4 Å². The number of hydrogen-bond donors (Lipinski definition) is 3. The van der Waals surface area contributed by atoms with Gasteiger partial charge in [-0.1, -0.05) is 19.9 Å². The van der Waals surface area contributed by atoms with E-state index in [1.807, 2.05) is 13.8 Å². The van der Waals surface area contributed by atoms with Gasteiger partial charge in [-0.2, -0.15) is 0 Å². The lowest BCUT2D eigenvalue weighted by Crippen LogP contribution is -2.43. The van der Waals surface area contributed by atoms with Crippen LogP contribution in [0, 0.1) is 5.92 Å². The average Bonchev–Trinajstić information content (AvgIpc) is 2.48. The number of anilines is 2. The molecule has 3 N–H and O–H groups in total. The molecule has 0 spiro atoms. The lowest BCUT2D eigenvalue weighted by Gasteiger charge is -2.23. The van der Waals surface area contributed by atoms with Crippen molar-refractivity contribution >= 4 is 35.6 Å². The van der Waals surface area contributed by atoms with Crippen LogP contribution in [0.25, 0.3) is 0 Å². The highest BCUT2D eigenvalue weighted by Crippen LogP contribution is 2.16. The van der Waals surface area contributed by atoms with Crippen molar-refractivity contribution in [2.24, 2.45) is 5.92 Å². The Morgan fingerprint density at radius 2 is 2.00 bits per heavy atom. The van der Waals surface area contributed by atoms with Crippen molar-refractivity contribution < 1.29 is 14.3 Å². The minimum Gasteiger partial charge on any atom is -0.378 e. The SMILES string of the molecule is CC(C)C(=O)Nc1cccc(NC(=O)CC2COCCN2)c1.Cl. The summed E-state index contributed by atoms with van der Waals surface area (Å²) in [6.45, 7) is 5.68. The lowest BCUT2D eigenvalue weighted by atomic mass is 10.1. The molecule has 2 rings (SSSR count). The second kappa shape index (κ2) is 9.50. The largest absolute Gasteiger partial charge is 0.378 e. The number of carbonyl (C=O) groups excluding carboxylic acids is 2. The zero-order valence-corrected chi connectivity index (χ0v) is 14.2. The molecule has 0 bridgehead atoms. The number of rotatable bonds is 5. The van der Waals surface area contributed by atoms with Crippen LogP contribution in [0.3, 0.4) is 0 Å². The van der Waals surface area contributed by atoms with E-state index < -0.39 is 0 Å². The summed E-state index contributed by atoms with van der Waals surface area (Å²) in [5.74, 6) is -0.210. The monoisotopic (exact) mass is 341 g/mol. The fourth-order valence-electron chi connectivity index (χ4n) is 2.15. The summed E-state index contributed by atoms with van der Waals surface area (Å²) in [5, 5.41) is 8.90. The summed E-state index contributed by atoms with van der Waals surface area (Å²) in [6, 6.07) is 7.20. The first-order valence-corrected chi connectivity index (χ1v) is 7.56. The van der Waals surface area contributed by atoms with Gasteiger partial charge in [0.25, 0.3) is 0 Å². The van der Waals surface area contributed by atoms with Crippen molar-refractivity contribution in [1.82, 2.24) is 5.32 Å². The molecule has 2 amide bonds. The van der Waals surface area contributed by atoms with Crippen LogP contribution in [0.5, 0.6) is 0 Å². The van der Waals surface area contributed by atoms with Gasteiger partial charge in [0, 0.05) is 36.3 Å². The number of benzene rings is 1. The maximum absolute atomic E-state index is 12.0. The van der Waals surface area contributed by atoms with Crippen molar-refractivity contribution in [1.29, 1.82) is 0 Å². The Balaban J connectivity index is 0.00000264. The summed E-state index contributed by atoms with van der Waals surface area (Å²) >= 11 is 0. The minimum absolute atomic E-state index is 0. The molecule has 1 aromatic rings. The van der Waals surface area contributed by atoms with Crippen molar-refractivity contribution in [2.45, 2.75) is 26.3 Å². The molecular formula is C16H24ClN3O3. The molecule has 1 aliphatic heterocycles. The summed E-state index contributed by atoms with van der Waals surface area (Å²) in [4.78, 5) is 23.7. The van der Waals surface area contributed by atoms with Crippen LogP contribution >= 0.6 is 12.4 Å². The Bertz CT molecular complexity index is 531. The third-order valence-corrected chi connectivity index (χ3v) is 3.37. The van der Waals surface area contributed by atoms with Crippen molar-refractivity contribution in [2.75, 3.05) is 30.4 Å². The van der Waals surface area contributed by atoms with Gasteiger partial charge >= 0.3 is 0 Å².